The molecule has 6 heteroatoms. The zero-order valence-electron chi connectivity index (χ0n) is 11.1. The second kappa shape index (κ2) is 6.10. The van der Waals surface area contributed by atoms with Crippen LogP contribution in [-0.2, 0) is 17.5 Å². The van der Waals surface area contributed by atoms with Crippen molar-refractivity contribution in [2.75, 3.05) is 7.11 Å². The minimum atomic E-state index is -4.54. The Morgan fingerprint density at radius 3 is 2.65 bits per heavy atom. The fraction of sp³-hybridized carbons (Fsp3) is 0.571. The summed E-state index contributed by atoms with van der Waals surface area (Å²) in [7, 11) is 1.63. The summed E-state index contributed by atoms with van der Waals surface area (Å²) in [6.45, 7) is 0.0796. The number of benzene rings is 1. The number of halogens is 4. The maximum absolute atomic E-state index is 13.0. The Morgan fingerprint density at radius 2 is 2.05 bits per heavy atom. The lowest BCUT2D eigenvalue weighted by Crippen LogP contribution is -2.28. The molecule has 1 aromatic carbocycles. The van der Waals surface area contributed by atoms with Crippen molar-refractivity contribution in [3.63, 3.8) is 0 Å². The van der Waals surface area contributed by atoms with Gasteiger partial charge in [0.1, 0.15) is 5.82 Å². The standard InChI is InChI=1S/C14H17F4NO/c1-20-12-5-4-11(7-12)19-8-9-2-3-10(15)6-13(9)14(16,17)18/h2-3,6,11-12,19H,4-5,7-8H2,1H3. The molecular formula is C14H17F4NO. The fourth-order valence-corrected chi connectivity index (χ4v) is 2.56. The van der Waals surface area contributed by atoms with Crippen LogP contribution in [0.1, 0.15) is 30.4 Å². The van der Waals surface area contributed by atoms with Gasteiger partial charge in [-0.15, -0.1) is 0 Å². The Hall–Kier alpha value is -1.14. The third-order valence-corrected chi connectivity index (χ3v) is 3.68. The number of nitrogens with one attached hydrogen (secondary N) is 1. The molecule has 1 aliphatic carbocycles. The lowest BCUT2D eigenvalue weighted by molar-refractivity contribution is -0.138. The Labute approximate surface area is 115 Å². The van der Waals surface area contributed by atoms with Crippen molar-refractivity contribution in [3.8, 4) is 0 Å². The molecule has 1 aromatic rings. The summed E-state index contributed by atoms with van der Waals surface area (Å²) in [6, 6.07) is 2.93. The number of methoxy groups -OCH3 is 1. The van der Waals surface area contributed by atoms with Crippen molar-refractivity contribution >= 4 is 0 Å². The Morgan fingerprint density at radius 1 is 1.30 bits per heavy atom. The first-order valence-corrected chi connectivity index (χ1v) is 6.52. The van der Waals surface area contributed by atoms with Crippen molar-refractivity contribution in [3.05, 3.63) is 35.1 Å². The molecular weight excluding hydrogens is 274 g/mol. The van der Waals surface area contributed by atoms with Crippen molar-refractivity contribution in [1.29, 1.82) is 0 Å². The third-order valence-electron chi connectivity index (χ3n) is 3.68. The van der Waals surface area contributed by atoms with Gasteiger partial charge < -0.3 is 10.1 Å². The molecule has 0 aliphatic heterocycles. The molecule has 0 amide bonds. The number of hydrogen-bond donors (Lipinski definition) is 1. The molecule has 0 aromatic heterocycles. The summed E-state index contributed by atoms with van der Waals surface area (Å²) < 4.78 is 56.7. The molecule has 0 spiro atoms. The van der Waals surface area contributed by atoms with Crippen LogP contribution >= 0.6 is 0 Å². The summed E-state index contributed by atoms with van der Waals surface area (Å²) in [6.07, 6.45) is -1.80. The molecule has 2 rings (SSSR count). The first-order chi connectivity index (χ1) is 9.40. The number of alkyl halides is 3. The maximum Gasteiger partial charge on any atom is 0.416 e. The number of rotatable bonds is 4. The Bertz CT molecular complexity index is 461. The van der Waals surface area contributed by atoms with E-state index >= 15 is 0 Å². The highest BCUT2D eigenvalue weighted by atomic mass is 19.4. The zero-order chi connectivity index (χ0) is 14.8. The van der Waals surface area contributed by atoms with Crippen molar-refractivity contribution in [1.82, 2.24) is 5.32 Å². The molecule has 1 aliphatic rings. The number of hydrogen-bond acceptors (Lipinski definition) is 2. The van der Waals surface area contributed by atoms with E-state index in [1.54, 1.807) is 7.11 Å². The summed E-state index contributed by atoms with van der Waals surface area (Å²) in [4.78, 5) is 0. The van der Waals surface area contributed by atoms with Crippen LogP contribution in [0.5, 0.6) is 0 Å². The van der Waals surface area contributed by atoms with Gasteiger partial charge in [-0.05, 0) is 37.0 Å². The third kappa shape index (κ3) is 3.70. The van der Waals surface area contributed by atoms with Gasteiger partial charge in [-0.2, -0.15) is 13.2 Å². The normalized spacial score (nSPS) is 23.2. The van der Waals surface area contributed by atoms with E-state index < -0.39 is 17.6 Å². The molecule has 1 saturated carbocycles. The van der Waals surface area contributed by atoms with E-state index in [0.717, 1.165) is 25.3 Å². The largest absolute Gasteiger partial charge is 0.416 e. The summed E-state index contributed by atoms with van der Waals surface area (Å²) >= 11 is 0. The van der Waals surface area contributed by atoms with Crippen molar-refractivity contribution in [2.24, 2.45) is 0 Å². The molecule has 2 nitrogen and oxygen atoms in total. The van der Waals surface area contributed by atoms with Gasteiger partial charge in [0.2, 0.25) is 0 Å². The first-order valence-electron chi connectivity index (χ1n) is 6.52. The van der Waals surface area contributed by atoms with Crippen LogP contribution in [0.4, 0.5) is 17.6 Å². The van der Waals surface area contributed by atoms with Gasteiger partial charge in [0.15, 0.2) is 0 Å². The van der Waals surface area contributed by atoms with Gasteiger partial charge in [-0.25, -0.2) is 4.39 Å². The lowest BCUT2D eigenvalue weighted by Gasteiger charge is -2.16. The smallest absolute Gasteiger partial charge is 0.381 e. The van der Waals surface area contributed by atoms with E-state index in [9.17, 15) is 17.6 Å². The van der Waals surface area contributed by atoms with Crippen molar-refractivity contribution in [2.45, 2.75) is 44.1 Å². The van der Waals surface area contributed by atoms with Crippen LogP contribution in [0.3, 0.4) is 0 Å². The minimum Gasteiger partial charge on any atom is -0.381 e. The van der Waals surface area contributed by atoms with E-state index in [4.69, 9.17) is 4.74 Å². The molecule has 0 bridgehead atoms. The van der Waals surface area contributed by atoms with Gasteiger partial charge >= 0.3 is 6.18 Å². The van der Waals surface area contributed by atoms with Crippen molar-refractivity contribution < 1.29 is 22.3 Å². The van der Waals surface area contributed by atoms with E-state index in [1.807, 2.05) is 0 Å². The summed E-state index contributed by atoms with van der Waals surface area (Å²) in [5.74, 6) is -0.874. The lowest BCUT2D eigenvalue weighted by atomic mass is 10.1. The first kappa shape index (κ1) is 15.3. The topological polar surface area (TPSA) is 21.3 Å². The van der Waals surface area contributed by atoms with E-state index in [1.165, 1.54) is 6.07 Å². The minimum absolute atomic E-state index is 0.0692. The maximum atomic E-state index is 13.0. The fourth-order valence-electron chi connectivity index (χ4n) is 2.56. The highest BCUT2D eigenvalue weighted by Gasteiger charge is 2.34. The van der Waals surface area contributed by atoms with Gasteiger partial charge in [0, 0.05) is 19.7 Å². The molecule has 0 radical (unpaired) electrons. The molecule has 0 heterocycles. The van der Waals surface area contributed by atoms with Gasteiger partial charge in [-0.1, -0.05) is 6.07 Å². The van der Waals surface area contributed by atoms with Crippen LogP contribution in [-0.4, -0.2) is 19.3 Å². The molecule has 20 heavy (non-hydrogen) atoms. The van der Waals surface area contributed by atoms with Crippen LogP contribution in [0, 0.1) is 5.82 Å². The second-order valence-electron chi connectivity index (χ2n) is 5.05. The Kier molecular flexibility index (Phi) is 4.65. The average Bonchev–Trinajstić information content (AvgIpc) is 2.84. The predicted octanol–water partition coefficient (Wildman–Crippen LogP) is 3.50. The second-order valence-corrected chi connectivity index (χ2v) is 5.05. The average molecular weight is 291 g/mol. The predicted molar refractivity (Wildman–Crippen MR) is 66.7 cm³/mol. The summed E-state index contributed by atoms with van der Waals surface area (Å²) in [5.41, 5.74) is -0.842. The van der Waals surface area contributed by atoms with E-state index in [2.05, 4.69) is 5.32 Å². The van der Waals surface area contributed by atoms with E-state index in [-0.39, 0.29) is 24.3 Å². The SMILES string of the molecule is COC1CCC(NCc2ccc(F)cc2C(F)(F)F)C1. The molecule has 1 N–H and O–H groups in total. The van der Waals surface area contributed by atoms with Gasteiger partial charge in [-0.3, -0.25) is 0 Å². The monoisotopic (exact) mass is 291 g/mol. The van der Waals surface area contributed by atoms with Crippen LogP contribution in [0.2, 0.25) is 0 Å². The van der Waals surface area contributed by atoms with Crippen LogP contribution in [0.15, 0.2) is 18.2 Å². The van der Waals surface area contributed by atoms with Crippen LogP contribution < -0.4 is 5.32 Å². The quantitative estimate of drug-likeness (QED) is 0.857. The summed E-state index contributed by atoms with van der Waals surface area (Å²) in [5, 5.41) is 3.09. The molecule has 1 fully saturated rings. The van der Waals surface area contributed by atoms with Crippen LogP contribution in [0.25, 0.3) is 0 Å². The highest BCUT2D eigenvalue weighted by Crippen LogP contribution is 2.32. The van der Waals surface area contributed by atoms with Gasteiger partial charge in [0.05, 0.1) is 11.7 Å². The molecule has 112 valence electrons. The molecule has 0 saturated heterocycles. The van der Waals surface area contributed by atoms with E-state index in [0.29, 0.717) is 6.07 Å². The molecule has 2 unspecified atom stereocenters. The molecule has 2 atom stereocenters. The zero-order valence-corrected chi connectivity index (χ0v) is 11.1. The number of ether oxygens (including phenoxy) is 1. The Balaban J connectivity index is 2.03. The van der Waals surface area contributed by atoms with Gasteiger partial charge in [0.25, 0.3) is 0 Å². The highest BCUT2D eigenvalue weighted by molar-refractivity contribution is 5.30.